The first-order chi connectivity index (χ1) is 7.56. The normalized spacial score (nSPS) is 10.8. The number of aryl methyl sites for hydroxylation is 2. The number of nitrogens with two attached hydrogens (primary N) is 1. The summed E-state index contributed by atoms with van der Waals surface area (Å²) in [6.07, 6.45) is 2.67. The van der Waals surface area contributed by atoms with E-state index < -0.39 is 0 Å². The molecule has 90 valence electrons. The SMILES string of the molecule is Cc1nn(C)c(CC(=O)CCCCN)c1Cl. The van der Waals surface area contributed by atoms with E-state index in [4.69, 9.17) is 17.3 Å². The zero-order valence-corrected chi connectivity index (χ0v) is 10.5. The maximum absolute atomic E-state index is 11.7. The van der Waals surface area contributed by atoms with Gasteiger partial charge in [-0.15, -0.1) is 0 Å². The summed E-state index contributed by atoms with van der Waals surface area (Å²) in [6, 6.07) is 0. The van der Waals surface area contributed by atoms with Crippen molar-refractivity contribution in [2.24, 2.45) is 12.8 Å². The molecule has 1 heterocycles. The monoisotopic (exact) mass is 243 g/mol. The van der Waals surface area contributed by atoms with Gasteiger partial charge in [0.25, 0.3) is 0 Å². The predicted molar refractivity (Wildman–Crippen MR) is 64.6 cm³/mol. The summed E-state index contributed by atoms with van der Waals surface area (Å²) in [5, 5.41) is 4.78. The highest BCUT2D eigenvalue weighted by Gasteiger charge is 2.14. The maximum atomic E-state index is 11.7. The summed E-state index contributed by atoms with van der Waals surface area (Å²) in [5.41, 5.74) is 6.95. The Morgan fingerprint density at radius 1 is 1.50 bits per heavy atom. The van der Waals surface area contributed by atoms with E-state index in [0.29, 0.717) is 24.4 Å². The Labute approximate surface area is 101 Å². The second-order valence-corrected chi connectivity index (χ2v) is 4.31. The second-order valence-electron chi connectivity index (χ2n) is 3.93. The van der Waals surface area contributed by atoms with Gasteiger partial charge in [-0.3, -0.25) is 9.48 Å². The van der Waals surface area contributed by atoms with Crippen LogP contribution in [0, 0.1) is 6.92 Å². The molecule has 0 saturated carbocycles. The molecule has 0 aromatic carbocycles. The van der Waals surface area contributed by atoms with Crippen LogP contribution in [-0.2, 0) is 18.3 Å². The molecule has 0 amide bonds. The van der Waals surface area contributed by atoms with Gasteiger partial charge in [-0.25, -0.2) is 0 Å². The number of nitrogens with zero attached hydrogens (tertiary/aromatic N) is 2. The number of ketones is 1. The third-order valence-corrected chi connectivity index (χ3v) is 3.03. The summed E-state index contributed by atoms with van der Waals surface area (Å²) in [6.45, 7) is 2.48. The molecule has 4 nitrogen and oxygen atoms in total. The first-order valence-electron chi connectivity index (χ1n) is 5.46. The molecule has 0 aliphatic rings. The Hall–Kier alpha value is -0.870. The molecule has 0 radical (unpaired) electrons. The van der Waals surface area contributed by atoms with Crippen LogP contribution in [0.3, 0.4) is 0 Å². The number of rotatable bonds is 6. The lowest BCUT2D eigenvalue weighted by Gasteiger charge is -2.02. The van der Waals surface area contributed by atoms with Gasteiger partial charge in [0, 0.05) is 19.9 Å². The van der Waals surface area contributed by atoms with Crippen molar-refractivity contribution in [3.63, 3.8) is 0 Å². The number of hydrogen-bond donors (Lipinski definition) is 1. The molecule has 1 aromatic rings. The van der Waals surface area contributed by atoms with Crippen molar-refractivity contribution in [1.82, 2.24) is 9.78 Å². The summed E-state index contributed by atoms with van der Waals surface area (Å²) < 4.78 is 1.68. The van der Waals surface area contributed by atoms with E-state index in [-0.39, 0.29) is 5.78 Å². The Morgan fingerprint density at radius 3 is 2.69 bits per heavy atom. The first kappa shape index (κ1) is 13.2. The van der Waals surface area contributed by atoms with Crippen LogP contribution in [0.2, 0.25) is 5.02 Å². The van der Waals surface area contributed by atoms with Crippen molar-refractivity contribution in [3.05, 3.63) is 16.4 Å². The van der Waals surface area contributed by atoms with Crippen molar-refractivity contribution in [3.8, 4) is 0 Å². The van der Waals surface area contributed by atoms with Gasteiger partial charge in [0.05, 0.1) is 16.4 Å². The quantitative estimate of drug-likeness (QED) is 0.773. The predicted octanol–water partition coefficient (Wildman–Crippen LogP) is 1.62. The lowest BCUT2D eigenvalue weighted by Crippen LogP contribution is -2.08. The van der Waals surface area contributed by atoms with E-state index in [1.165, 1.54) is 0 Å². The summed E-state index contributed by atoms with van der Waals surface area (Å²) >= 11 is 6.06. The number of halogens is 1. The third-order valence-electron chi connectivity index (χ3n) is 2.54. The molecule has 0 bridgehead atoms. The van der Waals surface area contributed by atoms with E-state index in [2.05, 4.69) is 5.10 Å². The average Bonchev–Trinajstić information content (AvgIpc) is 2.46. The smallest absolute Gasteiger partial charge is 0.138 e. The molecule has 0 aliphatic carbocycles. The Bertz CT molecular complexity index is 374. The van der Waals surface area contributed by atoms with Crippen molar-refractivity contribution >= 4 is 17.4 Å². The minimum Gasteiger partial charge on any atom is -0.330 e. The summed E-state index contributed by atoms with van der Waals surface area (Å²) in [7, 11) is 1.81. The zero-order valence-electron chi connectivity index (χ0n) is 9.79. The highest BCUT2D eigenvalue weighted by atomic mass is 35.5. The van der Waals surface area contributed by atoms with Crippen LogP contribution in [0.1, 0.15) is 30.7 Å². The third kappa shape index (κ3) is 3.32. The van der Waals surface area contributed by atoms with Gasteiger partial charge in [-0.05, 0) is 26.3 Å². The van der Waals surface area contributed by atoms with Crippen LogP contribution >= 0.6 is 11.6 Å². The van der Waals surface area contributed by atoms with E-state index >= 15 is 0 Å². The average molecular weight is 244 g/mol. The van der Waals surface area contributed by atoms with Crippen LogP contribution < -0.4 is 5.73 Å². The zero-order chi connectivity index (χ0) is 12.1. The maximum Gasteiger partial charge on any atom is 0.138 e. The lowest BCUT2D eigenvalue weighted by atomic mass is 10.1. The summed E-state index contributed by atoms with van der Waals surface area (Å²) in [4.78, 5) is 11.7. The molecule has 0 unspecified atom stereocenters. The van der Waals surface area contributed by atoms with Crippen molar-refractivity contribution in [2.75, 3.05) is 6.54 Å². The van der Waals surface area contributed by atoms with Crippen molar-refractivity contribution in [1.29, 1.82) is 0 Å². The molecule has 0 spiro atoms. The van der Waals surface area contributed by atoms with Crippen molar-refractivity contribution in [2.45, 2.75) is 32.6 Å². The lowest BCUT2D eigenvalue weighted by molar-refractivity contribution is -0.118. The van der Waals surface area contributed by atoms with Gasteiger partial charge in [0.2, 0.25) is 0 Å². The fourth-order valence-electron chi connectivity index (χ4n) is 1.61. The topological polar surface area (TPSA) is 60.9 Å². The van der Waals surface area contributed by atoms with E-state index in [1.807, 2.05) is 6.92 Å². The molecule has 1 aromatic heterocycles. The number of unbranched alkanes of at least 4 members (excludes halogenated alkanes) is 1. The van der Waals surface area contributed by atoms with Crippen LogP contribution in [0.5, 0.6) is 0 Å². The van der Waals surface area contributed by atoms with Gasteiger partial charge >= 0.3 is 0 Å². The van der Waals surface area contributed by atoms with Gasteiger partial charge in [-0.2, -0.15) is 5.10 Å². The number of hydrogen-bond acceptors (Lipinski definition) is 3. The molecule has 0 saturated heterocycles. The van der Waals surface area contributed by atoms with Crippen LogP contribution in [0.15, 0.2) is 0 Å². The Kier molecular flexibility index (Phi) is 4.96. The van der Waals surface area contributed by atoms with Crippen molar-refractivity contribution < 1.29 is 4.79 Å². The fraction of sp³-hybridized carbons (Fsp3) is 0.636. The number of aromatic nitrogens is 2. The molecule has 0 atom stereocenters. The van der Waals surface area contributed by atoms with Gasteiger partial charge < -0.3 is 5.73 Å². The van der Waals surface area contributed by atoms with Crippen LogP contribution in [0.25, 0.3) is 0 Å². The molecule has 5 heteroatoms. The molecule has 0 fully saturated rings. The molecule has 1 rings (SSSR count). The minimum atomic E-state index is 0.193. The second kappa shape index (κ2) is 6.01. The van der Waals surface area contributed by atoms with E-state index in [0.717, 1.165) is 24.2 Å². The van der Waals surface area contributed by atoms with Gasteiger partial charge in [-0.1, -0.05) is 11.6 Å². The highest BCUT2D eigenvalue weighted by Crippen LogP contribution is 2.20. The molecular weight excluding hydrogens is 226 g/mol. The number of Topliss-reactive ketones (excluding diaryl/α,β-unsaturated/α-hetero) is 1. The number of carbonyl (C=O) groups is 1. The van der Waals surface area contributed by atoms with Gasteiger partial charge in [0.15, 0.2) is 0 Å². The molecule has 16 heavy (non-hydrogen) atoms. The minimum absolute atomic E-state index is 0.193. The van der Waals surface area contributed by atoms with Crippen LogP contribution in [0.4, 0.5) is 0 Å². The van der Waals surface area contributed by atoms with Gasteiger partial charge in [0.1, 0.15) is 5.78 Å². The molecular formula is C11H18ClN3O. The summed E-state index contributed by atoms with van der Waals surface area (Å²) in [5.74, 6) is 0.193. The highest BCUT2D eigenvalue weighted by molar-refractivity contribution is 6.32. The fourth-order valence-corrected chi connectivity index (χ4v) is 1.84. The first-order valence-corrected chi connectivity index (χ1v) is 5.83. The Morgan fingerprint density at radius 2 is 2.19 bits per heavy atom. The van der Waals surface area contributed by atoms with Crippen LogP contribution in [-0.4, -0.2) is 22.1 Å². The van der Waals surface area contributed by atoms with E-state index in [9.17, 15) is 4.79 Å². The largest absolute Gasteiger partial charge is 0.330 e. The Balaban J connectivity index is 2.56. The molecule has 2 N–H and O–H groups in total. The molecule has 0 aliphatic heterocycles. The number of carbonyl (C=O) groups excluding carboxylic acids is 1. The standard InChI is InChI=1S/C11H18ClN3O/c1-8-11(12)10(15(2)14-8)7-9(16)5-3-4-6-13/h3-7,13H2,1-2H3. The van der Waals surface area contributed by atoms with E-state index in [1.54, 1.807) is 11.7 Å².